The van der Waals surface area contributed by atoms with Crippen LogP contribution in [-0.2, 0) is 32.2 Å². The van der Waals surface area contributed by atoms with Gasteiger partial charge in [-0.15, -0.1) is 0 Å². The number of amides is 4. The quantitative estimate of drug-likeness (QED) is 0.158. The highest BCUT2D eigenvalue weighted by molar-refractivity contribution is 5.84. The molecule has 0 atom stereocenters. The molecule has 0 saturated heterocycles. The first-order chi connectivity index (χ1) is 23.2. The Bertz CT molecular complexity index is 1790. The van der Waals surface area contributed by atoms with Crippen molar-refractivity contribution in [1.82, 2.24) is 40.4 Å². The van der Waals surface area contributed by atoms with Crippen LogP contribution < -0.4 is 10.6 Å². The number of methoxy groups -OCH3 is 2. The molecule has 4 amide bonds. The molecule has 0 bridgehead atoms. The van der Waals surface area contributed by atoms with Gasteiger partial charge in [0.2, 0.25) is 11.8 Å². The Morgan fingerprint density at radius 3 is 1.94 bits per heavy atom. The number of hydrogen-bond donors (Lipinski definition) is 4. The van der Waals surface area contributed by atoms with Crippen LogP contribution in [0.4, 0.5) is 9.59 Å². The number of aromatic nitrogens is 4. The summed E-state index contributed by atoms with van der Waals surface area (Å²) in [7, 11) is 2.49. The summed E-state index contributed by atoms with van der Waals surface area (Å²) in [5, 5.41) is 4.84. The van der Waals surface area contributed by atoms with Gasteiger partial charge in [-0.1, -0.05) is 38.0 Å². The van der Waals surface area contributed by atoms with Gasteiger partial charge < -0.3 is 39.9 Å². The summed E-state index contributed by atoms with van der Waals surface area (Å²) in [6.45, 7) is 5.22. The number of ether oxygens (including phenoxy) is 2. The van der Waals surface area contributed by atoms with Crippen molar-refractivity contribution >= 4 is 35.0 Å². The molecule has 0 aliphatic heterocycles. The monoisotopic (exact) mass is 656 g/mol. The largest absolute Gasteiger partial charge is 0.453 e. The van der Waals surface area contributed by atoms with E-state index < -0.39 is 12.2 Å². The number of benzene rings is 2. The first kappa shape index (κ1) is 35.0. The molecular weight excluding hydrogens is 616 g/mol. The van der Waals surface area contributed by atoms with Crippen LogP contribution in [0.25, 0.3) is 22.2 Å². The van der Waals surface area contributed by atoms with Crippen LogP contribution in [0, 0.1) is 11.8 Å². The summed E-state index contributed by atoms with van der Waals surface area (Å²) in [6.07, 6.45) is 1.82. The Morgan fingerprint density at radius 2 is 1.35 bits per heavy atom. The number of carbonyl (C=O) groups excluding carboxylic acids is 4. The Labute approximate surface area is 278 Å². The lowest BCUT2D eigenvalue weighted by molar-refractivity contribution is -0.131. The average Bonchev–Trinajstić information content (AvgIpc) is 3.73. The van der Waals surface area contributed by atoms with Gasteiger partial charge in [0, 0.05) is 18.7 Å². The molecule has 4 N–H and O–H groups in total. The summed E-state index contributed by atoms with van der Waals surface area (Å²) < 4.78 is 9.08. The third-order valence-electron chi connectivity index (χ3n) is 7.23. The molecule has 0 radical (unpaired) electrons. The zero-order valence-electron chi connectivity index (χ0n) is 27.5. The van der Waals surface area contributed by atoms with Gasteiger partial charge in [-0.05, 0) is 54.2 Å². The SMILES string of the molecule is CCCN(Cc1ncc(C#Cc2ccc(-c3ccc4nc(CN(CCC)C(=O)CNC(=O)OC)[nH]c4c3)cc2)[nH]1)C(=O)CNC(=O)OC. The van der Waals surface area contributed by atoms with Gasteiger partial charge in [0.15, 0.2) is 0 Å². The van der Waals surface area contributed by atoms with E-state index in [2.05, 4.69) is 51.9 Å². The summed E-state index contributed by atoms with van der Waals surface area (Å²) in [4.78, 5) is 66.7. The van der Waals surface area contributed by atoms with E-state index in [1.54, 1.807) is 16.0 Å². The van der Waals surface area contributed by atoms with E-state index in [1.807, 2.05) is 56.3 Å². The molecule has 0 aliphatic rings. The summed E-state index contributed by atoms with van der Waals surface area (Å²) in [5.41, 5.74) is 5.06. The molecule has 2 aromatic carbocycles. The molecule has 0 aliphatic carbocycles. The minimum absolute atomic E-state index is 0.154. The summed E-state index contributed by atoms with van der Waals surface area (Å²) in [5.74, 6) is 7.00. The Morgan fingerprint density at radius 1 is 0.771 bits per heavy atom. The fraction of sp³-hybridized carbons (Fsp3) is 0.353. The lowest BCUT2D eigenvalue weighted by Gasteiger charge is -2.21. The first-order valence-corrected chi connectivity index (χ1v) is 15.6. The standard InChI is InChI=1S/C34H40N8O6/c1-5-15-41(31(43)19-36-33(45)47-3)21-29-35-18-26(38-29)13-9-23-7-10-24(11-8-23)25-12-14-27-28(17-25)40-30(39-27)22-42(16-6-2)32(44)20-37-34(46)48-4/h7-8,10-12,14,17-18H,5-6,15-16,19-22H2,1-4H3,(H,35,38)(H,36,45)(H,37,46)(H,39,40). The molecule has 14 heteroatoms. The van der Waals surface area contributed by atoms with Gasteiger partial charge in [0.1, 0.15) is 30.4 Å². The number of imidazole rings is 2. The second kappa shape index (κ2) is 17.2. The lowest BCUT2D eigenvalue weighted by Crippen LogP contribution is -2.40. The van der Waals surface area contributed by atoms with Crippen molar-refractivity contribution in [2.45, 2.75) is 39.8 Å². The molecule has 252 valence electrons. The normalized spacial score (nSPS) is 10.5. The minimum atomic E-state index is -0.661. The number of aromatic amines is 2. The van der Waals surface area contributed by atoms with Gasteiger partial charge in [-0.3, -0.25) is 9.59 Å². The highest BCUT2D eigenvalue weighted by Gasteiger charge is 2.18. The van der Waals surface area contributed by atoms with Crippen molar-refractivity contribution in [2.24, 2.45) is 0 Å². The zero-order chi connectivity index (χ0) is 34.5. The average molecular weight is 657 g/mol. The highest BCUT2D eigenvalue weighted by atomic mass is 16.5. The van der Waals surface area contributed by atoms with Gasteiger partial charge in [0.05, 0.1) is 44.5 Å². The molecule has 2 aromatic heterocycles. The van der Waals surface area contributed by atoms with E-state index in [0.29, 0.717) is 30.4 Å². The van der Waals surface area contributed by atoms with Crippen LogP contribution in [0.1, 0.15) is 49.6 Å². The topological polar surface area (TPSA) is 175 Å². The third kappa shape index (κ3) is 9.83. The number of alkyl carbamates (subject to hydrolysis) is 2. The van der Waals surface area contributed by atoms with E-state index in [4.69, 9.17) is 0 Å². The second-order valence-electron chi connectivity index (χ2n) is 10.8. The Balaban J connectivity index is 1.39. The van der Waals surface area contributed by atoms with Crippen molar-refractivity contribution in [3.05, 3.63) is 71.6 Å². The van der Waals surface area contributed by atoms with E-state index in [0.717, 1.165) is 40.6 Å². The van der Waals surface area contributed by atoms with Gasteiger partial charge in [-0.25, -0.2) is 19.6 Å². The fourth-order valence-corrected chi connectivity index (χ4v) is 4.86. The second-order valence-corrected chi connectivity index (χ2v) is 10.8. The predicted octanol–water partition coefficient (Wildman–Crippen LogP) is 3.54. The summed E-state index contributed by atoms with van der Waals surface area (Å²) >= 11 is 0. The highest BCUT2D eigenvalue weighted by Crippen LogP contribution is 2.24. The zero-order valence-corrected chi connectivity index (χ0v) is 27.5. The maximum Gasteiger partial charge on any atom is 0.407 e. The van der Waals surface area contributed by atoms with Crippen LogP contribution >= 0.6 is 0 Å². The number of nitrogens with zero attached hydrogens (tertiary/aromatic N) is 4. The molecule has 0 fully saturated rings. The number of hydrogen-bond acceptors (Lipinski definition) is 8. The van der Waals surface area contributed by atoms with Crippen LogP contribution in [0.15, 0.2) is 48.7 Å². The molecule has 14 nitrogen and oxygen atoms in total. The first-order valence-electron chi connectivity index (χ1n) is 15.6. The third-order valence-corrected chi connectivity index (χ3v) is 7.23. The Hall–Kier alpha value is -5.84. The smallest absolute Gasteiger partial charge is 0.407 e. The molecule has 0 unspecified atom stereocenters. The predicted molar refractivity (Wildman–Crippen MR) is 178 cm³/mol. The van der Waals surface area contributed by atoms with Gasteiger partial charge in [0.25, 0.3) is 0 Å². The number of rotatable bonds is 13. The maximum absolute atomic E-state index is 12.7. The van der Waals surface area contributed by atoms with Gasteiger partial charge in [-0.2, -0.15) is 0 Å². The van der Waals surface area contributed by atoms with Crippen molar-refractivity contribution < 1.29 is 28.7 Å². The van der Waals surface area contributed by atoms with E-state index in [1.165, 1.54) is 14.2 Å². The van der Waals surface area contributed by atoms with Gasteiger partial charge >= 0.3 is 12.2 Å². The fourth-order valence-electron chi connectivity index (χ4n) is 4.86. The molecule has 48 heavy (non-hydrogen) atoms. The molecule has 0 saturated carbocycles. The minimum Gasteiger partial charge on any atom is -0.453 e. The maximum atomic E-state index is 12.7. The Kier molecular flexibility index (Phi) is 12.5. The molecule has 2 heterocycles. The molecule has 4 aromatic rings. The van der Waals surface area contributed by atoms with Crippen LogP contribution in [0.2, 0.25) is 0 Å². The number of H-pyrrole nitrogens is 2. The summed E-state index contributed by atoms with van der Waals surface area (Å²) in [6, 6.07) is 13.8. The van der Waals surface area contributed by atoms with Crippen LogP contribution in [0.5, 0.6) is 0 Å². The van der Waals surface area contributed by atoms with Crippen LogP contribution in [0.3, 0.4) is 0 Å². The number of carbonyl (C=O) groups is 4. The van der Waals surface area contributed by atoms with E-state index >= 15 is 0 Å². The van der Waals surface area contributed by atoms with Crippen molar-refractivity contribution in [1.29, 1.82) is 0 Å². The molecule has 0 spiro atoms. The lowest BCUT2D eigenvalue weighted by atomic mass is 10.0. The van der Waals surface area contributed by atoms with E-state index in [-0.39, 0.29) is 38.0 Å². The molecular formula is C34H40N8O6. The van der Waals surface area contributed by atoms with Crippen molar-refractivity contribution in [3.8, 4) is 23.0 Å². The van der Waals surface area contributed by atoms with E-state index in [9.17, 15) is 19.2 Å². The van der Waals surface area contributed by atoms with Crippen molar-refractivity contribution in [2.75, 3.05) is 40.4 Å². The number of fused-ring (bicyclic) bond motifs is 1. The van der Waals surface area contributed by atoms with Crippen molar-refractivity contribution in [3.63, 3.8) is 0 Å². The van der Waals surface area contributed by atoms with Crippen LogP contribution in [-0.4, -0.2) is 94.1 Å². The number of nitrogens with one attached hydrogen (secondary N) is 4. The molecule has 4 rings (SSSR count).